The van der Waals surface area contributed by atoms with Crippen LogP contribution in [0.25, 0.3) is 0 Å². The van der Waals surface area contributed by atoms with Gasteiger partial charge < -0.3 is 10.6 Å². The summed E-state index contributed by atoms with van der Waals surface area (Å²) in [4.78, 5) is 19.5. The summed E-state index contributed by atoms with van der Waals surface area (Å²) < 4.78 is 0. The number of carbonyl (C=O) groups excluding carboxylic acids is 1. The molecule has 1 saturated heterocycles. The molecule has 0 bridgehead atoms. The zero-order valence-electron chi connectivity index (χ0n) is 19.3. The van der Waals surface area contributed by atoms with Crippen molar-refractivity contribution in [3.8, 4) is 0 Å². The Bertz CT molecular complexity index is 931. The fraction of sp³-hybridized carbons (Fsp3) is 0.407. The van der Waals surface area contributed by atoms with Crippen molar-refractivity contribution in [3.63, 3.8) is 0 Å². The van der Waals surface area contributed by atoms with Gasteiger partial charge in [0.15, 0.2) is 0 Å². The van der Waals surface area contributed by atoms with Gasteiger partial charge in [-0.15, -0.1) is 0 Å². The van der Waals surface area contributed by atoms with E-state index in [1.165, 1.54) is 0 Å². The van der Waals surface area contributed by atoms with Gasteiger partial charge >= 0.3 is 0 Å². The first-order valence-corrected chi connectivity index (χ1v) is 11.2. The highest BCUT2D eigenvalue weighted by Crippen LogP contribution is 2.28. The van der Waals surface area contributed by atoms with Crippen LogP contribution < -0.4 is 5.73 Å². The SMILES string of the molecule is C/C(C(=Nc1ccccc1)c1ccccc1)=C(/N)C1CCN(C(=O)CC(C)(C)C)CC1. The molecule has 1 amide bonds. The number of aliphatic imine (C=N–C) groups is 1. The van der Waals surface area contributed by atoms with Crippen molar-refractivity contribution in [3.05, 3.63) is 77.5 Å². The Morgan fingerprint density at radius 2 is 1.55 bits per heavy atom. The average Bonchev–Trinajstić information content (AvgIpc) is 2.77. The van der Waals surface area contributed by atoms with Crippen molar-refractivity contribution in [2.24, 2.45) is 22.1 Å². The van der Waals surface area contributed by atoms with Crippen LogP contribution in [0.3, 0.4) is 0 Å². The van der Waals surface area contributed by atoms with Crippen molar-refractivity contribution in [1.82, 2.24) is 4.90 Å². The lowest BCUT2D eigenvalue weighted by molar-refractivity contribution is -0.134. The molecule has 164 valence electrons. The topological polar surface area (TPSA) is 58.7 Å². The molecule has 4 heteroatoms. The number of hydrogen-bond donors (Lipinski definition) is 1. The summed E-state index contributed by atoms with van der Waals surface area (Å²) in [5.74, 6) is 0.518. The minimum absolute atomic E-state index is 0.0158. The Labute approximate surface area is 186 Å². The molecule has 2 N–H and O–H groups in total. The van der Waals surface area contributed by atoms with Gasteiger partial charge in [0.05, 0.1) is 11.4 Å². The van der Waals surface area contributed by atoms with Crippen LogP contribution in [0.2, 0.25) is 0 Å². The van der Waals surface area contributed by atoms with Crippen LogP contribution in [0, 0.1) is 11.3 Å². The predicted molar refractivity (Wildman–Crippen MR) is 129 cm³/mol. The standard InChI is InChI=1S/C27H35N3O/c1-20(25(28)21-15-17-30(18-16-21)24(31)19-27(2,3)4)26(22-11-7-5-8-12-22)29-23-13-9-6-10-14-23/h5-14,21H,15-19,28H2,1-4H3/b25-20-,29-26?. The van der Waals surface area contributed by atoms with Crippen molar-refractivity contribution in [2.45, 2.75) is 47.0 Å². The molecule has 0 aromatic heterocycles. The highest BCUT2D eigenvalue weighted by Gasteiger charge is 2.28. The van der Waals surface area contributed by atoms with Crippen molar-refractivity contribution < 1.29 is 4.79 Å². The molecule has 2 aromatic rings. The third-order valence-corrected chi connectivity index (χ3v) is 5.80. The average molecular weight is 418 g/mol. The molecular weight excluding hydrogens is 382 g/mol. The predicted octanol–water partition coefficient (Wildman–Crippen LogP) is 5.71. The summed E-state index contributed by atoms with van der Waals surface area (Å²) in [5.41, 5.74) is 11.5. The van der Waals surface area contributed by atoms with Crippen LogP contribution >= 0.6 is 0 Å². The normalized spacial score (nSPS) is 16.8. The van der Waals surface area contributed by atoms with Gasteiger partial charge in [0.1, 0.15) is 0 Å². The molecule has 0 saturated carbocycles. The minimum atomic E-state index is 0.0158. The van der Waals surface area contributed by atoms with Gasteiger partial charge in [-0.1, -0.05) is 69.3 Å². The van der Waals surface area contributed by atoms with E-state index < -0.39 is 0 Å². The molecule has 4 nitrogen and oxygen atoms in total. The molecule has 0 radical (unpaired) electrons. The number of benzene rings is 2. The zero-order chi connectivity index (χ0) is 22.4. The maximum absolute atomic E-state index is 12.6. The molecule has 0 spiro atoms. The summed E-state index contributed by atoms with van der Waals surface area (Å²) in [6.07, 6.45) is 2.38. The molecule has 1 aliphatic heterocycles. The fourth-order valence-corrected chi connectivity index (χ4v) is 4.04. The van der Waals surface area contributed by atoms with Gasteiger partial charge in [-0.05, 0) is 42.9 Å². The van der Waals surface area contributed by atoms with E-state index in [2.05, 4.69) is 39.8 Å². The van der Waals surface area contributed by atoms with Gasteiger partial charge in [0, 0.05) is 36.7 Å². The molecule has 0 unspecified atom stereocenters. The van der Waals surface area contributed by atoms with Crippen LogP contribution in [0.15, 0.2) is 76.9 Å². The summed E-state index contributed by atoms with van der Waals surface area (Å²) in [6.45, 7) is 9.94. The highest BCUT2D eigenvalue weighted by molar-refractivity contribution is 6.13. The molecule has 0 atom stereocenters. The Morgan fingerprint density at radius 1 is 1.00 bits per heavy atom. The monoisotopic (exact) mass is 417 g/mol. The van der Waals surface area contributed by atoms with Crippen LogP contribution in [-0.4, -0.2) is 29.6 Å². The van der Waals surface area contributed by atoms with Crippen molar-refractivity contribution in [1.29, 1.82) is 0 Å². The van der Waals surface area contributed by atoms with Gasteiger partial charge in [-0.25, -0.2) is 4.99 Å². The Morgan fingerprint density at radius 3 is 2.10 bits per heavy atom. The largest absolute Gasteiger partial charge is 0.402 e. The lowest BCUT2D eigenvalue weighted by Gasteiger charge is -2.34. The van der Waals surface area contributed by atoms with Gasteiger partial charge in [-0.3, -0.25) is 4.79 Å². The van der Waals surface area contributed by atoms with Crippen LogP contribution in [0.4, 0.5) is 5.69 Å². The Balaban J connectivity index is 1.81. The number of likely N-dealkylation sites (tertiary alicyclic amines) is 1. The fourth-order valence-electron chi connectivity index (χ4n) is 4.04. The first kappa shape index (κ1) is 22.8. The molecule has 1 heterocycles. The molecular formula is C27H35N3O. The maximum atomic E-state index is 12.6. The van der Waals surface area contributed by atoms with E-state index in [9.17, 15) is 4.79 Å². The number of nitrogens with zero attached hydrogens (tertiary/aromatic N) is 2. The lowest BCUT2D eigenvalue weighted by atomic mass is 9.87. The summed E-state index contributed by atoms with van der Waals surface area (Å²) in [7, 11) is 0. The van der Waals surface area contributed by atoms with E-state index in [-0.39, 0.29) is 17.2 Å². The minimum Gasteiger partial charge on any atom is -0.402 e. The first-order chi connectivity index (χ1) is 14.7. The quantitative estimate of drug-likeness (QED) is 0.633. The van der Waals surface area contributed by atoms with Crippen LogP contribution in [-0.2, 0) is 4.79 Å². The number of hydrogen-bond acceptors (Lipinski definition) is 3. The smallest absolute Gasteiger partial charge is 0.223 e. The summed E-state index contributed by atoms with van der Waals surface area (Å²) >= 11 is 0. The molecule has 1 aliphatic rings. The third-order valence-electron chi connectivity index (χ3n) is 5.80. The van der Waals surface area contributed by atoms with Gasteiger partial charge in [0.25, 0.3) is 0 Å². The number of para-hydroxylation sites is 1. The van der Waals surface area contributed by atoms with E-state index in [4.69, 9.17) is 10.7 Å². The second-order valence-electron chi connectivity index (χ2n) is 9.63. The van der Waals surface area contributed by atoms with E-state index >= 15 is 0 Å². The van der Waals surface area contributed by atoms with Gasteiger partial charge in [-0.2, -0.15) is 0 Å². The molecule has 2 aromatic carbocycles. The number of nitrogens with two attached hydrogens (primary N) is 1. The molecule has 31 heavy (non-hydrogen) atoms. The number of carbonyl (C=O) groups is 1. The second kappa shape index (κ2) is 9.95. The lowest BCUT2D eigenvalue weighted by Crippen LogP contribution is -2.41. The number of piperidine rings is 1. The van der Waals surface area contributed by atoms with E-state index in [1.54, 1.807) is 0 Å². The summed E-state index contributed by atoms with van der Waals surface area (Å²) in [6, 6.07) is 20.2. The second-order valence-corrected chi connectivity index (χ2v) is 9.63. The van der Waals surface area contributed by atoms with E-state index in [0.717, 1.165) is 54.2 Å². The first-order valence-electron chi connectivity index (χ1n) is 11.2. The molecule has 3 rings (SSSR count). The Kier molecular flexibility index (Phi) is 7.32. The summed E-state index contributed by atoms with van der Waals surface area (Å²) in [5, 5.41) is 0. The van der Waals surface area contributed by atoms with E-state index in [0.29, 0.717) is 6.42 Å². The zero-order valence-corrected chi connectivity index (χ0v) is 19.3. The van der Waals surface area contributed by atoms with Crippen molar-refractivity contribution >= 4 is 17.3 Å². The molecule has 1 fully saturated rings. The Hall–Kier alpha value is -2.88. The number of amides is 1. The molecule has 0 aliphatic carbocycles. The van der Waals surface area contributed by atoms with Crippen LogP contribution in [0.1, 0.15) is 52.5 Å². The number of allylic oxidation sites excluding steroid dienone is 2. The highest BCUT2D eigenvalue weighted by atomic mass is 16.2. The number of rotatable bonds is 5. The third kappa shape index (κ3) is 6.30. The van der Waals surface area contributed by atoms with Crippen molar-refractivity contribution in [2.75, 3.05) is 13.1 Å². The van der Waals surface area contributed by atoms with E-state index in [1.807, 2.05) is 53.4 Å². The maximum Gasteiger partial charge on any atom is 0.223 e. The van der Waals surface area contributed by atoms with Crippen LogP contribution in [0.5, 0.6) is 0 Å². The van der Waals surface area contributed by atoms with Gasteiger partial charge in [0.2, 0.25) is 5.91 Å².